The molecule has 1 saturated heterocycles. The van der Waals surface area contributed by atoms with Crippen LogP contribution in [-0.2, 0) is 17.1 Å². The monoisotopic (exact) mass is 342 g/mol. The number of nitrogens with zero attached hydrogens (tertiary/aromatic N) is 5. The number of sulfonamides is 1. The molecule has 2 aliphatic rings. The van der Waals surface area contributed by atoms with E-state index in [-0.39, 0.29) is 17.3 Å². The zero-order chi connectivity index (χ0) is 16.4. The summed E-state index contributed by atoms with van der Waals surface area (Å²) in [7, 11) is -1.45. The van der Waals surface area contributed by atoms with E-state index < -0.39 is 10.0 Å². The first-order chi connectivity index (χ1) is 11.0. The number of hydrogen-bond acceptors (Lipinski definition) is 6. The molecular formula is C14H26N6O2S. The average molecular weight is 342 g/mol. The highest BCUT2D eigenvalue weighted by molar-refractivity contribution is 7.90. The number of aryl methyl sites for hydroxylation is 1. The fourth-order valence-electron chi connectivity index (χ4n) is 3.70. The predicted molar refractivity (Wildman–Crippen MR) is 86.1 cm³/mol. The Labute approximate surface area is 137 Å². The predicted octanol–water partition coefficient (Wildman–Crippen LogP) is 0.598. The standard InChI is InChI=1S/C14H26N6O2S/c1-11(14-15-17-18-19(14)2)20-9-5-8-13(10-20)23(21,22)16-12-6-3-4-7-12/h11-13,16H,3-10H2,1-2H3/t11-,13+/m0/s1. The molecule has 130 valence electrons. The summed E-state index contributed by atoms with van der Waals surface area (Å²) in [5.74, 6) is 0.770. The van der Waals surface area contributed by atoms with E-state index in [1.165, 1.54) is 0 Å². The van der Waals surface area contributed by atoms with Gasteiger partial charge in [-0.1, -0.05) is 12.8 Å². The van der Waals surface area contributed by atoms with Crippen molar-refractivity contribution in [1.29, 1.82) is 0 Å². The van der Waals surface area contributed by atoms with Gasteiger partial charge in [-0.15, -0.1) is 5.10 Å². The number of piperidine rings is 1. The summed E-state index contributed by atoms with van der Waals surface area (Å²) >= 11 is 0. The molecule has 1 aromatic heterocycles. The molecule has 0 unspecified atom stereocenters. The first kappa shape index (κ1) is 16.8. The first-order valence-corrected chi connectivity index (χ1v) is 9.99. The number of rotatable bonds is 5. The summed E-state index contributed by atoms with van der Waals surface area (Å²) in [5, 5.41) is 11.3. The molecule has 23 heavy (non-hydrogen) atoms. The zero-order valence-corrected chi connectivity index (χ0v) is 14.7. The number of aromatic nitrogens is 4. The van der Waals surface area contributed by atoms with Gasteiger partial charge < -0.3 is 0 Å². The fourth-order valence-corrected chi connectivity index (χ4v) is 5.45. The van der Waals surface area contributed by atoms with E-state index in [1.54, 1.807) is 4.68 Å². The maximum absolute atomic E-state index is 12.7. The van der Waals surface area contributed by atoms with Crippen LogP contribution in [0.5, 0.6) is 0 Å². The molecule has 2 atom stereocenters. The fraction of sp³-hybridized carbons (Fsp3) is 0.929. The van der Waals surface area contributed by atoms with Crippen LogP contribution < -0.4 is 4.72 Å². The lowest BCUT2D eigenvalue weighted by molar-refractivity contribution is 0.167. The minimum Gasteiger partial charge on any atom is -0.292 e. The van der Waals surface area contributed by atoms with Gasteiger partial charge in [-0.05, 0) is 49.6 Å². The minimum absolute atomic E-state index is 0.0134. The molecule has 1 N–H and O–H groups in total. The average Bonchev–Trinajstić information content (AvgIpc) is 3.18. The van der Waals surface area contributed by atoms with Crippen LogP contribution in [0.25, 0.3) is 0 Å². The van der Waals surface area contributed by atoms with Gasteiger partial charge in [-0.3, -0.25) is 4.90 Å². The van der Waals surface area contributed by atoms with E-state index >= 15 is 0 Å². The van der Waals surface area contributed by atoms with Crippen molar-refractivity contribution in [3.63, 3.8) is 0 Å². The van der Waals surface area contributed by atoms with E-state index in [1.807, 2.05) is 14.0 Å². The van der Waals surface area contributed by atoms with Gasteiger partial charge >= 0.3 is 0 Å². The van der Waals surface area contributed by atoms with Crippen molar-refractivity contribution in [2.75, 3.05) is 13.1 Å². The summed E-state index contributed by atoms with van der Waals surface area (Å²) < 4.78 is 29.9. The largest absolute Gasteiger partial charge is 0.292 e. The van der Waals surface area contributed by atoms with Crippen molar-refractivity contribution in [2.45, 2.75) is 62.8 Å². The quantitative estimate of drug-likeness (QED) is 0.842. The van der Waals surface area contributed by atoms with Gasteiger partial charge in [0.05, 0.1) is 11.3 Å². The van der Waals surface area contributed by atoms with Crippen LogP contribution in [0.1, 0.15) is 57.3 Å². The van der Waals surface area contributed by atoms with E-state index in [9.17, 15) is 8.42 Å². The summed E-state index contributed by atoms with van der Waals surface area (Å²) in [4.78, 5) is 2.17. The van der Waals surface area contributed by atoms with Crippen LogP contribution in [-0.4, -0.2) is 57.9 Å². The van der Waals surface area contributed by atoms with Gasteiger partial charge in [-0.25, -0.2) is 17.8 Å². The Balaban J connectivity index is 1.66. The minimum atomic E-state index is -3.26. The molecule has 1 aromatic rings. The lowest BCUT2D eigenvalue weighted by Crippen LogP contribution is -2.49. The van der Waals surface area contributed by atoms with E-state index in [0.717, 1.165) is 50.9 Å². The number of hydrogen-bond donors (Lipinski definition) is 1. The van der Waals surface area contributed by atoms with Crippen molar-refractivity contribution < 1.29 is 8.42 Å². The second-order valence-electron chi connectivity index (χ2n) is 6.74. The Morgan fingerprint density at radius 1 is 1.22 bits per heavy atom. The van der Waals surface area contributed by atoms with Crippen molar-refractivity contribution >= 4 is 10.0 Å². The lowest BCUT2D eigenvalue weighted by atomic mass is 10.1. The molecule has 9 heteroatoms. The van der Waals surface area contributed by atoms with Gasteiger partial charge in [0.15, 0.2) is 5.82 Å². The molecule has 3 rings (SSSR count). The van der Waals surface area contributed by atoms with Crippen molar-refractivity contribution in [3.05, 3.63) is 5.82 Å². The smallest absolute Gasteiger partial charge is 0.215 e. The van der Waals surface area contributed by atoms with E-state index in [0.29, 0.717) is 6.54 Å². The SMILES string of the molecule is C[C@@H](c1nnnn1C)N1CCC[C@@H](S(=O)(=O)NC2CCCC2)C1. The first-order valence-electron chi connectivity index (χ1n) is 8.45. The summed E-state index contributed by atoms with van der Waals surface area (Å²) in [6.07, 6.45) is 5.79. The van der Waals surface area contributed by atoms with Gasteiger partial charge in [-0.2, -0.15) is 0 Å². The van der Waals surface area contributed by atoms with Gasteiger partial charge in [0.1, 0.15) is 0 Å². The normalized spacial score (nSPS) is 25.7. The molecule has 0 amide bonds. The van der Waals surface area contributed by atoms with Crippen molar-refractivity contribution in [3.8, 4) is 0 Å². The molecule has 0 aromatic carbocycles. The van der Waals surface area contributed by atoms with Crippen molar-refractivity contribution in [2.24, 2.45) is 7.05 Å². The Morgan fingerprint density at radius 2 is 1.96 bits per heavy atom. The molecule has 8 nitrogen and oxygen atoms in total. The third-order valence-corrected chi connectivity index (χ3v) is 7.03. The highest BCUT2D eigenvalue weighted by Crippen LogP contribution is 2.26. The molecular weight excluding hydrogens is 316 g/mol. The number of likely N-dealkylation sites (tertiary alicyclic amines) is 1. The topological polar surface area (TPSA) is 93.0 Å². The van der Waals surface area contributed by atoms with E-state index in [2.05, 4.69) is 25.1 Å². The molecule has 0 spiro atoms. The molecule has 0 bridgehead atoms. The highest BCUT2D eigenvalue weighted by atomic mass is 32.2. The van der Waals surface area contributed by atoms with Crippen LogP contribution in [0.2, 0.25) is 0 Å². The lowest BCUT2D eigenvalue weighted by Gasteiger charge is -2.36. The third kappa shape index (κ3) is 3.72. The van der Waals surface area contributed by atoms with Crippen LogP contribution in [0.15, 0.2) is 0 Å². The maximum atomic E-state index is 12.7. The maximum Gasteiger partial charge on any atom is 0.215 e. The van der Waals surface area contributed by atoms with Crippen LogP contribution in [0, 0.1) is 0 Å². The number of tetrazole rings is 1. The Morgan fingerprint density at radius 3 is 2.61 bits per heavy atom. The third-order valence-electron chi connectivity index (χ3n) is 5.11. The second-order valence-corrected chi connectivity index (χ2v) is 8.73. The molecule has 1 aliphatic heterocycles. The molecule has 2 fully saturated rings. The van der Waals surface area contributed by atoms with Crippen LogP contribution >= 0.6 is 0 Å². The molecule has 0 radical (unpaired) electrons. The Hall–Kier alpha value is -1.06. The molecule has 1 aliphatic carbocycles. The highest BCUT2D eigenvalue weighted by Gasteiger charge is 2.35. The van der Waals surface area contributed by atoms with Gasteiger partial charge in [0.25, 0.3) is 0 Å². The molecule has 1 saturated carbocycles. The van der Waals surface area contributed by atoms with Crippen LogP contribution in [0.4, 0.5) is 0 Å². The second kappa shape index (κ2) is 6.82. The Bertz CT molecular complexity index is 625. The summed E-state index contributed by atoms with van der Waals surface area (Å²) in [6.45, 7) is 3.45. The molecule has 2 heterocycles. The summed E-state index contributed by atoms with van der Waals surface area (Å²) in [5.41, 5.74) is 0. The summed E-state index contributed by atoms with van der Waals surface area (Å²) in [6, 6.07) is 0.148. The van der Waals surface area contributed by atoms with Crippen molar-refractivity contribution in [1.82, 2.24) is 29.8 Å². The van der Waals surface area contributed by atoms with E-state index in [4.69, 9.17) is 0 Å². The Kier molecular flexibility index (Phi) is 4.98. The van der Waals surface area contributed by atoms with Gasteiger partial charge in [0, 0.05) is 19.6 Å². The number of nitrogens with one attached hydrogen (secondary N) is 1. The zero-order valence-electron chi connectivity index (χ0n) is 13.8. The van der Waals surface area contributed by atoms with Crippen LogP contribution in [0.3, 0.4) is 0 Å². The van der Waals surface area contributed by atoms with Gasteiger partial charge in [0.2, 0.25) is 10.0 Å².